The van der Waals surface area contributed by atoms with E-state index in [2.05, 4.69) is 9.97 Å². The van der Waals surface area contributed by atoms with Crippen LogP contribution in [0.15, 0.2) is 47.4 Å². The topological polar surface area (TPSA) is 46.1 Å². The standard InChI is InChI=1S/C17H14F3N3OS/c1-2-10-23(12-7-5-11(6-8-12)17(18,19)20)16-22-14(24)13-4-3-9-21-15(13)25-16/h3-9H,2,10H2,1H3. The Balaban J connectivity index is 2.06. The van der Waals surface area contributed by atoms with E-state index in [4.69, 9.17) is 0 Å². The number of rotatable bonds is 4. The summed E-state index contributed by atoms with van der Waals surface area (Å²) < 4.78 is 38.2. The zero-order valence-electron chi connectivity index (χ0n) is 13.2. The fourth-order valence-corrected chi connectivity index (χ4v) is 3.38. The quantitative estimate of drug-likeness (QED) is 0.677. The Morgan fingerprint density at radius 2 is 1.88 bits per heavy atom. The highest BCUT2D eigenvalue weighted by atomic mass is 32.1. The minimum atomic E-state index is -4.38. The van der Waals surface area contributed by atoms with E-state index in [0.29, 0.717) is 27.6 Å². The maximum absolute atomic E-state index is 12.7. The van der Waals surface area contributed by atoms with Gasteiger partial charge < -0.3 is 4.90 Å². The van der Waals surface area contributed by atoms with E-state index in [9.17, 15) is 18.0 Å². The van der Waals surface area contributed by atoms with Crippen LogP contribution in [0.2, 0.25) is 0 Å². The first kappa shape index (κ1) is 17.3. The SMILES string of the molecule is CCCN(c1ccc(C(F)(F)F)cc1)c1nc(=O)c2cccnc2s1. The van der Waals surface area contributed by atoms with Crippen LogP contribution in [0, 0.1) is 0 Å². The predicted molar refractivity (Wildman–Crippen MR) is 92.4 cm³/mol. The molecule has 130 valence electrons. The van der Waals surface area contributed by atoms with E-state index in [1.165, 1.54) is 23.5 Å². The summed E-state index contributed by atoms with van der Waals surface area (Å²) in [5, 5.41) is 0.845. The summed E-state index contributed by atoms with van der Waals surface area (Å²) in [6.07, 6.45) is -2.06. The van der Waals surface area contributed by atoms with Gasteiger partial charge in [0.1, 0.15) is 4.83 Å². The first-order valence-electron chi connectivity index (χ1n) is 7.61. The lowest BCUT2D eigenvalue weighted by Gasteiger charge is -2.22. The lowest BCUT2D eigenvalue weighted by molar-refractivity contribution is -0.137. The molecule has 0 saturated carbocycles. The second-order valence-corrected chi connectivity index (χ2v) is 6.31. The molecule has 0 unspecified atom stereocenters. The van der Waals surface area contributed by atoms with Crippen LogP contribution in [0.4, 0.5) is 24.0 Å². The van der Waals surface area contributed by atoms with Crippen LogP contribution >= 0.6 is 11.3 Å². The number of pyridine rings is 1. The zero-order valence-corrected chi connectivity index (χ0v) is 14.1. The van der Waals surface area contributed by atoms with Crippen LogP contribution < -0.4 is 10.5 Å². The van der Waals surface area contributed by atoms with E-state index in [-0.39, 0.29) is 0 Å². The number of halogens is 3. The molecule has 0 bridgehead atoms. The Hall–Kier alpha value is -2.48. The van der Waals surface area contributed by atoms with Gasteiger partial charge in [0.05, 0.1) is 10.9 Å². The smallest absolute Gasteiger partial charge is 0.318 e. The number of hydrogen-bond donors (Lipinski definition) is 0. The summed E-state index contributed by atoms with van der Waals surface area (Å²) in [7, 11) is 0. The Bertz CT molecular complexity index is 938. The van der Waals surface area contributed by atoms with Gasteiger partial charge in [-0.3, -0.25) is 4.79 Å². The molecule has 8 heteroatoms. The van der Waals surface area contributed by atoms with Crippen molar-refractivity contribution in [1.82, 2.24) is 9.97 Å². The summed E-state index contributed by atoms with van der Waals surface area (Å²) in [6.45, 7) is 2.46. The van der Waals surface area contributed by atoms with E-state index in [0.717, 1.165) is 18.6 Å². The number of aromatic nitrogens is 2. The monoisotopic (exact) mass is 365 g/mol. The molecule has 0 N–H and O–H groups in total. The number of nitrogens with zero attached hydrogens (tertiary/aromatic N) is 3. The van der Waals surface area contributed by atoms with Crippen LogP contribution in [-0.2, 0) is 6.18 Å². The molecule has 0 spiro atoms. The molecule has 1 aromatic carbocycles. The van der Waals surface area contributed by atoms with Crippen molar-refractivity contribution in [2.75, 3.05) is 11.4 Å². The molecule has 3 aromatic rings. The fraction of sp³-hybridized carbons (Fsp3) is 0.235. The minimum absolute atomic E-state index is 0.398. The average molecular weight is 365 g/mol. The molecule has 2 heterocycles. The third kappa shape index (κ3) is 3.63. The summed E-state index contributed by atoms with van der Waals surface area (Å²) in [5.74, 6) is 0. The Morgan fingerprint density at radius 1 is 1.16 bits per heavy atom. The molecule has 0 aliphatic heterocycles. The van der Waals surface area contributed by atoms with Crippen molar-refractivity contribution < 1.29 is 13.2 Å². The number of fused-ring (bicyclic) bond motifs is 1. The van der Waals surface area contributed by atoms with Gasteiger partial charge >= 0.3 is 6.18 Å². The molecule has 0 radical (unpaired) electrons. The van der Waals surface area contributed by atoms with Crippen molar-refractivity contribution in [2.45, 2.75) is 19.5 Å². The van der Waals surface area contributed by atoms with Gasteiger partial charge in [0, 0.05) is 18.4 Å². The zero-order chi connectivity index (χ0) is 18.0. The first-order chi connectivity index (χ1) is 11.9. The number of benzene rings is 1. The van der Waals surface area contributed by atoms with Gasteiger partial charge in [0.25, 0.3) is 5.56 Å². The van der Waals surface area contributed by atoms with Crippen LogP contribution in [0.5, 0.6) is 0 Å². The van der Waals surface area contributed by atoms with Crippen LogP contribution in [-0.4, -0.2) is 16.5 Å². The highest BCUT2D eigenvalue weighted by Crippen LogP contribution is 2.33. The van der Waals surface area contributed by atoms with Gasteiger partial charge in [-0.1, -0.05) is 18.3 Å². The van der Waals surface area contributed by atoms with E-state index >= 15 is 0 Å². The van der Waals surface area contributed by atoms with Gasteiger partial charge in [0.15, 0.2) is 5.13 Å². The van der Waals surface area contributed by atoms with Crippen molar-refractivity contribution in [3.63, 3.8) is 0 Å². The third-order valence-corrected chi connectivity index (χ3v) is 4.58. The van der Waals surface area contributed by atoms with Gasteiger partial charge in [-0.15, -0.1) is 0 Å². The van der Waals surface area contributed by atoms with Crippen LogP contribution in [0.25, 0.3) is 10.2 Å². The fourth-order valence-electron chi connectivity index (χ4n) is 2.40. The second kappa shape index (κ2) is 6.79. The number of anilines is 2. The molecule has 0 atom stereocenters. The summed E-state index contributed by atoms with van der Waals surface area (Å²) in [4.78, 5) is 22.8. The highest BCUT2D eigenvalue weighted by Gasteiger charge is 2.30. The summed E-state index contributed by atoms with van der Waals surface area (Å²) in [5.41, 5.74) is -0.563. The number of hydrogen-bond acceptors (Lipinski definition) is 5. The Kier molecular flexibility index (Phi) is 4.71. The van der Waals surface area contributed by atoms with Crippen molar-refractivity contribution in [1.29, 1.82) is 0 Å². The molecule has 0 aliphatic carbocycles. The van der Waals surface area contributed by atoms with Gasteiger partial charge in [-0.2, -0.15) is 18.2 Å². The molecule has 3 rings (SSSR count). The third-order valence-electron chi connectivity index (χ3n) is 3.57. The maximum atomic E-state index is 12.7. The number of alkyl halides is 3. The van der Waals surface area contributed by atoms with Gasteiger partial charge in [-0.25, -0.2) is 4.98 Å². The lowest BCUT2D eigenvalue weighted by atomic mass is 10.2. The normalized spacial score (nSPS) is 11.7. The van der Waals surface area contributed by atoms with Crippen LogP contribution in [0.1, 0.15) is 18.9 Å². The van der Waals surface area contributed by atoms with Crippen molar-refractivity contribution in [3.8, 4) is 0 Å². The van der Waals surface area contributed by atoms with Crippen molar-refractivity contribution >= 4 is 32.4 Å². The summed E-state index contributed by atoms with van der Waals surface area (Å²) >= 11 is 1.24. The van der Waals surface area contributed by atoms with Crippen LogP contribution in [0.3, 0.4) is 0 Å². The van der Waals surface area contributed by atoms with E-state index in [1.807, 2.05) is 6.92 Å². The predicted octanol–water partition coefficient (Wildman–Crippen LogP) is 4.62. The molecule has 0 fully saturated rings. The van der Waals surface area contributed by atoms with Gasteiger partial charge in [0.2, 0.25) is 0 Å². The van der Waals surface area contributed by atoms with Gasteiger partial charge in [-0.05, 0) is 42.8 Å². The van der Waals surface area contributed by atoms with Crippen molar-refractivity contribution in [3.05, 3.63) is 58.5 Å². The average Bonchev–Trinajstić information content (AvgIpc) is 2.59. The molecule has 0 aliphatic rings. The molecule has 2 aromatic heterocycles. The first-order valence-corrected chi connectivity index (χ1v) is 8.42. The second-order valence-electron chi connectivity index (χ2n) is 5.35. The molecule has 0 amide bonds. The lowest BCUT2D eigenvalue weighted by Crippen LogP contribution is -2.21. The summed E-state index contributed by atoms with van der Waals surface area (Å²) in [6, 6.07) is 8.15. The largest absolute Gasteiger partial charge is 0.416 e. The molecule has 0 saturated heterocycles. The highest BCUT2D eigenvalue weighted by molar-refractivity contribution is 7.21. The Labute approximate surface area is 145 Å². The van der Waals surface area contributed by atoms with E-state index in [1.54, 1.807) is 23.2 Å². The molecular weight excluding hydrogens is 351 g/mol. The molecule has 4 nitrogen and oxygen atoms in total. The minimum Gasteiger partial charge on any atom is -0.318 e. The maximum Gasteiger partial charge on any atom is 0.416 e. The molecular formula is C17H14F3N3OS. The molecule has 25 heavy (non-hydrogen) atoms. The van der Waals surface area contributed by atoms with E-state index < -0.39 is 17.3 Å². The van der Waals surface area contributed by atoms with Crippen molar-refractivity contribution in [2.24, 2.45) is 0 Å². The Morgan fingerprint density at radius 3 is 2.52 bits per heavy atom.